The van der Waals surface area contributed by atoms with Gasteiger partial charge in [-0.2, -0.15) is 0 Å². The lowest BCUT2D eigenvalue weighted by molar-refractivity contribution is -0.120. The van der Waals surface area contributed by atoms with Gasteiger partial charge >= 0.3 is 0 Å². The van der Waals surface area contributed by atoms with Crippen molar-refractivity contribution >= 4 is 18.3 Å². The molecule has 0 aliphatic heterocycles. The third-order valence-electron chi connectivity index (χ3n) is 1.77. The Morgan fingerprint density at radius 1 is 1.33 bits per heavy atom. The Hall–Kier alpha value is -1.10. The van der Waals surface area contributed by atoms with Gasteiger partial charge in [0.2, 0.25) is 5.91 Å². The van der Waals surface area contributed by atoms with E-state index in [1.165, 1.54) is 0 Å². The van der Waals surface area contributed by atoms with Crippen molar-refractivity contribution < 1.29 is 9.53 Å². The molecule has 0 saturated heterocycles. The molecule has 0 fully saturated rings. The fraction of sp³-hybridized carbons (Fsp3) is 0.300. The summed E-state index contributed by atoms with van der Waals surface area (Å²) in [5, 5.41) is 0. The van der Waals surface area contributed by atoms with Crippen molar-refractivity contribution in [3.8, 4) is 0 Å². The lowest BCUT2D eigenvalue weighted by atomic mass is 10.2. The molecule has 4 nitrogen and oxygen atoms in total. The van der Waals surface area contributed by atoms with E-state index in [0.717, 1.165) is 5.56 Å². The van der Waals surface area contributed by atoms with Gasteiger partial charge in [-0.15, -0.1) is 12.4 Å². The summed E-state index contributed by atoms with van der Waals surface area (Å²) >= 11 is 0. The van der Waals surface area contributed by atoms with Gasteiger partial charge in [-0.3, -0.25) is 4.79 Å². The zero-order chi connectivity index (χ0) is 10.4. The standard InChI is InChI=1S/C10H14N2O2.ClH/c11-9(10(12)13)7-14-6-8-4-2-1-3-5-8;/h1-5,9H,6-7,11H2,(H2,12,13);1H. The summed E-state index contributed by atoms with van der Waals surface area (Å²) < 4.78 is 5.22. The van der Waals surface area contributed by atoms with E-state index in [0.29, 0.717) is 6.61 Å². The molecule has 0 aliphatic rings. The summed E-state index contributed by atoms with van der Waals surface area (Å²) in [7, 11) is 0. The zero-order valence-corrected chi connectivity index (χ0v) is 9.07. The molecule has 0 saturated carbocycles. The molecule has 0 aromatic heterocycles. The molecule has 0 bridgehead atoms. The Morgan fingerprint density at radius 3 is 2.47 bits per heavy atom. The maximum absolute atomic E-state index is 10.6. The van der Waals surface area contributed by atoms with Gasteiger partial charge in [-0.1, -0.05) is 30.3 Å². The highest BCUT2D eigenvalue weighted by atomic mass is 35.5. The van der Waals surface area contributed by atoms with Crippen molar-refractivity contribution in [3.05, 3.63) is 35.9 Å². The molecule has 0 aliphatic carbocycles. The number of carbonyl (C=O) groups is 1. The Balaban J connectivity index is 0.00000196. The largest absolute Gasteiger partial charge is 0.375 e. The van der Waals surface area contributed by atoms with Crippen molar-refractivity contribution in [3.63, 3.8) is 0 Å². The highest BCUT2D eigenvalue weighted by molar-refractivity contribution is 5.85. The Bertz CT molecular complexity index is 293. The number of ether oxygens (including phenoxy) is 1. The maximum Gasteiger partial charge on any atom is 0.236 e. The van der Waals surface area contributed by atoms with Crippen LogP contribution < -0.4 is 11.5 Å². The average Bonchev–Trinajstić information content (AvgIpc) is 2.19. The van der Waals surface area contributed by atoms with Crippen LogP contribution in [-0.4, -0.2) is 18.6 Å². The normalized spacial score (nSPS) is 11.5. The fourth-order valence-corrected chi connectivity index (χ4v) is 0.960. The zero-order valence-electron chi connectivity index (χ0n) is 8.26. The number of rotatable bonds is 5. The first-order valence-electron chi connectivity index (χ1n) is 4.36. The first kappa shape index (κ1) is 13.9. The van der Waals surface area contributed by atoms with Crippen LogP contribution in [0, 0.1) is 0 Å². The molecule has 1 aromatic rings. The smallest absolute Gasteiger partial charge is 0.236 e. The summed E-state index contributed by atoms with van der Waals surface area (Å²) in [5.41, 5.74) is 11.4. The highest BCUT2D eigenvalue weighted by Crippen LogP contribution is 2.00. The van der Waals surface area contributed by atoms with E-state index in [9.17, 15) is 4.79 Å². The monoisotopic (exact) mass is 230 g/mol. The van der Waals surface area contributed by atoms with Crippen LogP contribution in [0.25, 0.3) is 0 Å². The van der Waals surface area contributed by atoms with Crippen LogP contribution >= 0.6 is 12.4 Å². The molecular weight excluding hydrogens is 216 g/mol. The summed E-state index contributed by atoms with van der Waals surface area (Å²) in [6, 6.07) is 8.93. The van der Waals surface area contributed by atoms with Crippen molar-refractivity contribution in [2.45, 2.75) is 12.6 Å². The molecule has 1 unspecified atom stereocenters. The third-order valence-corrected chi connectivity index (χ3v) is 1.77. The summed E-state index contributed by atoms with van der Waals surface area (Å²) in [4.78, 5) is 10.6. The van der Waals surface area contributed by atoms with Crippen LogP contribution in [0.2, 0.25) is 0 Å². The van der Waals surface area contributed by atoms with E-state index in [1.54, 1.807) is 0 Å². The second-order valence-corrected chi connectivity index (χ2v) is 3.01. The van der Waals surface area contributed by atoms with Crippen molar-refractivity contribution in [1.82, 2.24) is 0 Å². The second-order valence-electron chi connectivity index (χ2n) is 3.01. The van der Waals surface area contributed by atoms with Gasteiger partial charge in [0, 0.05) is 0 Å². The SMILES string of the molecule is Cl.NC(=O)C(N)COCc1ccccc1. The van der Waals surface area contributed by atoms with Gasteiger partial charge in [0.25, 0.3) is 0 Å². The molecule has 1 aromatic carbocycles. The van der Waals surface area contributed by atoms with Crippen molar-refractivity contribution in [1.29, 1.82) is 0 Å². The number of nitrogens with two attached hydrogens (primary N) is 2. The minimum absolute atomic E-state index is 0. The van der Waals surface area contributed by atoms with Gasteiger partial charge in [0.1, 0.15) is 6.04 Å². The van der Waals surface area contributed by atoms with Crippen LogP contribution in [0.5, 0.6) is 0 Å². The van der Waals surface area contributed by atoms with E-state index in [-0.39, 0.29) is 19.0 Å². The molecule has 0 radical (unpaired) electrons. The first-order valence-corrected chi connectivity index (χ1v) is 4.36. The number of carbonyl (C=O) groups excluding carboxylic acids is 1. The Kier molecular flexibility index (Phi) is 6.70. The number of halogens is 1. The fourth-order valence-electron chi connectivity index (χ4n) is 0.960. The van der Waals surface area contributed by atoms with E-state index in [4.69, 9.17) is 16.2 Å². The maximum atomic E-state index is 10.6. The van der Waals surface area contributed by atoms with Gasteiger partial charge in [0.05, 0.1) is 13.2 Å². The van der Waals surface area contributed by atoms with Gasteiger partial charge in [0.15, 0.2) is 0 Å². The molecule has 0 heterocycles. The number of hydrogen-bond donors (Lipinski definition) is 2. The summed E-state index contributed by atoms with van der Waals surface area (Å²) in [5.74, 6) is -0.543. The van der Waals surface area contributed by atoms with Gasteiger partial charge in [-0.05, 0) is 5.56 Å². The van der Waals surface area contributed by atoms with Crippen LogP contribution in [0.15, 0.2) is 30.3 Å². The summed E-state index contributed by atoms with van der Waals surface area (Å²) in [6.45, 7) is 0.603. The molecule has 1 rings (SSSR count). The Labute approximate surface area is 95.0 Å². The number of benzene rings is 1. The highest BCUT2D eigenvalue weighted by Gasteiger charge is 2.08. The average molecular weight is 231 g/mol. The van der Waals surface area contributed by atoms with E-state index >= 15 is 0 Å². The summed E-state index contributed by atoms with van der Waals surface area (Å²) in [6.07, 6.45) is 0. The molecule has 15 heavy (non-hydrogen) atoms. The first-order chi connectivity index (χ1) is 6.70. The van der Waals surface area contributed by atoms with Crippen molar-refractivity contribution in [2.75, 3.05) is 6.61 Å². The minimum Gasteiger partial charge on any atom is -0.375 e. The third kappa shape index (κ3) is 5.37. The molecule has 84 valence electrons. The predicted molar refractivity (Wildman–Crippen MR) is 60.5 cm³/mol. The van der Waals surface area contributed by atoms with Crippen LogP contribution in [-0.2, 0) is 16.1 Å². The Morgan fingerprint density at radius 2 is 1.93 bits per heavy atom. The van der Waals surface area contributed by atoms with E-state index < -0.39 is 11.9 Å². The second kappa shape index (κ2) is 7.23. The van der Waals surface area contributed by atoms with Crippen LogP contribution in [0.4, 0.5) is 0 Å². The number of primary amides is 1. The van der Waals surface area contributed by atoms with Crippen LogP contribution in [0.3, 0.4) is 0 Å². The lowest BCUT2D eigenvalue weighted by Gasteiger charge is -2.08. The van der Waals surface area contributed by atoms with Crippen molar-refractivity contribution in [2.24, 2.45) is 11.5 Å². The number of amides is 1. The topological polar surface area (TPSA) is 78.3 Å². The number of hydrogen-bond acceptors (Lipinski definition) is 3. The van der Waals surface area contributed by atoms with Crippen LogP contribution in [0.1, 0.15) is 5.56 Å². The predicted octanol–water partition coefficient (Wildman–Crippen LogP) is 0.438. The molecule has 4 N–H and O–H groups in total. The van der Waals surface area contributed by atoms with Gasteiger partial charge in [-0.25, -0.2) is 0 Å². The van der Waals surface area contributed by atoms with Gasteiger partial charge < -0.3 is 16.2 Å². The lowest BCUT2D eigenvalue weighted by Crippen LogP contribution is -2.40. The molecule has 0 spiro atoms. The molecular formula is C10H15ClN2O2. The quantitative estimate of drug-likeness (QED) is 0.771. The molecule has 1 amide bonds. The van der Waals surface area contributed by atoms with E-state index in [2.05, 4.69) is 0 Å². The molecule has 1 atom stereocenters. The van der Waals surface area contributed by atoms with E-state index in [1.807, 2.05) is 30.3 Å². The molecule has 5 heteroatoms. The minimum atomic E-state index is -0.723.